The van der Waals surface area contributed by atoms with Crippen LogP contribution >= 0.6 is 0 Å². The first-order valence-electron chi connectivity index (χ1n) is 6.58. The van der Waals surface area contributed by atoms with E-state index in [9.17, 15) is 9.90 Å². The van der Waals surface area contributed by atoms with Crippen molar-refractivity contribution in [1.29, 1.82) is 0 Å². The molecule has 1 aliphatic heterocycles. The lowest BCUT2D eigenvalue weighted by atomic mass is 9.96. The molecule has 2 atom stereocenters. The van der Waals surface area contributed by atoms with Gasteiger partial charge in [-0.05, 0) is 26.3 Å². The minimum atomic E-state index is -0.532. The van der Waals surface area contributed by atoms with Crippen molar-refractivity contribution < 1.29 is 14.6 Å². The lowest BCUT2D eigenvalue weighted by molar-refractivity contribution is 0.0270. The number of hydrogen-bond acceptors (Lipinski definition) is 3. The molecule has 0 aliphatic carbocycles. The molecule has 1 N–H and O–H groups in total. The Balaban J connectivity index is 2.04. The predicted molar refractivity (Wildman–Crippen MR) is 73.0 cm³/mol. The highest BCUT2D eigenvalue weighted by molar-refractivity contribution is 5.68. The number of nitrogens with zero attached hydrogens (tertiary/aromatic N) is 1. The van der Waals surface area contributed by atoms with Gasteiger partial charge in [0.15, 0.2) is 0 Å². The van der Waals surface area contributed by atoms with Crippen molar-refractivity contribution in [2.75, 3.05) is 13.1 Å². The zero-order valence-electron chi connectivity index (χ0n) is 11.7. The van der Waals surface area contributed by atoms with Crippen molar-refractivity contribution >= 4 is 6.09 Å². The van der Waals surface area contributed by atoms with Crippen molar-refractivity contribution in [3.8, 4) is 0 Å². The fraction of sp³-hybridized carbons (Fsp3) is 0.533. The van der Waals surface area contributed by atoms with E-state index in [1.165, 1.54) is 0 Å². The lowest BCUT2D eigenvalue weighted by Gasteiger charge is -2.24. The number of hydrogen-bond donors (Lipinski definition) is 1. The number of benzene rings is 1. The van der Waals surface area contributed by atoms with E-state index in [4.69, 9.17) is 4.74 Å². The maximum absolute atomic E-state index is 12.0. The minimum Gasteiger partial charge on any atom is -0.444 e. The highest BCUT2D eigenvalue weighted by Crippen LogP contribution is 2.28. The minimum absolute atomic E-state index is 0.0336. The molecule has 0 bridgehead atoms. The molecule has 1 amide bonds. The topological polar surface area (TPSA) is 49.8 Å². The summed E-state index contributed by atoms with van der Waals surface area (Å²) >= 11 is 0. The highest BCUT2D eigenvalue weighted by atomic mass is 16.6. The van der Waals surface area contributed by atoms with Crippen LogP contribution in [0.3, 0.4) is 0 Å². The summed E-state index contributed by atoms with van der Waals surface area (Å²) in [6.07, 6.45) is -0.889. The van der Waals surface area contributed by atoms with Crippen LogP contribution in [0.5, 0.6) is 0 Å². The summed E-state index contributed by atoms with van der Waals surface area (Å²) in [5.74, 6) is -0.0336. The van der Waals surface area contributed by atoms with Gasteiger partial charge in [0.2, 0.25) is 0 Å². The van der Waals surface area contributed by atoms with Gasteiger partial charge in [0, 0.05) is 12.5 Å². The second-order valence-corrected chi connectivity index (χ2v) is 5.97. The number of amides is 1. The smallest absolute Gasteiger partial charge is 0.410 e. The van der Waals surface area contributed by atoms with Crippen molar-refractivity contribution in [1.82, 2.24) is 4.90 Å². The Morgan fingerprint density at radius 1 is 1.26 bits per heavy atom. The van der Waals surface area contributed by atoms with Gasteiger partial charge in [0.1, 0.15) is 5.60 Å². The third-order valence-electron chi connectivity index (χ3n) is 3.17. The Morgan fingerprint density at radius 3 is 2.47 bits per heavy atom. The summed E-state index contributed by atoms with van der Waals surface area (Å²) in [6, 6.07) is 9.78. The quantitative estimate of drug-likeness (QED) is 0.846. The van der Waals surface area contributed by atoms with E-state index in [2.05, 4.69) is 0 Å². The standard InChI is InChI=1S/C15H21NO3/c1-15(2,3)19-14(18)16-9-12(13(17)10-16)11-7-5-4-6-8-11/h4-8,12-13,17H,9-10H2,1-3H3/t12-,13?/m0/s1. The monoisotopic (exact) mass is 263 g/mol. The van der Waals surface area contributed by atoms with Gasteiger partial charge in [0.25, 0.3) is 0 Å². The van der Waals surface area contributed by atoms with Crippen molar-refractivity contribution in [3.05, 3.63) is 35.9 Å². The van der Waals surface area contributed by atoms with E-state index in [0.29, 0.717) is 13.1 Å². The van der Waals surface area contributed by atoms with Crippen molar-refractivity contribution in [2.45, 2.75) is 38.4 Å². The summed E-state index contributed by atoms with van der Waals surface area (Å²) in [7, 11) is 0. The first kappa shape index (κ1) is 13.9. The number of rotatable bonds is 1. The average molecular weight is 263 g/mol. The molecule has 1 aromatic rings. The van der Waals surface area contributed by atoms with Gasteiger partial charge in [-0.15, -0.1) is 0 Å². The van der Waals surface area contributed by atoms with Crippen LogP contribution in [0, 0.1) is 0 Å². The fourth-order valence-electron chi connectivity index (χ4n) is 2.29. The van der Waals surface area contributed by atoms with E-state index in [-0.39, 0.29) is 12.0 Å². The number of carbonyl (C=O) groups excluding carboxylic acids is 1. The maximum Gasteiger partial charge on any atom is 0.410 e. The molecule has 2 rings (SSSR count). The first-order valence-corrected chi connectivity index (χ1v) is 6.58. The van der Waals surface area contributed by atoms with Crippen LogP contribution < -0.4 is 0 Å². The van der Waals surface area contributed by atoms with E-state index >= 15 is 0 Å². The van der Waals surface area contributed by atoms with Gasteiger partial charge in [-0.3, -0.25) is 0 Å². The maximum atomic E-state index is 12.0. The van der Waals surface area contributed by atoms with Gasteiger partial charge in [-0.2, -0.15) is 0 Å². The Morgan fingerprint density at radius 2 is 1.89 bits per heavy atom. The molecule has 4 nitrogen and oxygen atoms in total. The molecule has 104 valence electrons. The second-order valence-electron chi connectivity index (χ2n) is 5.97. The van der Waals surface area contributed by atoms with Crippen LogP contribution in [0.2, 0.25) is 0 Å². The van der Waals surface area contributed by atoms with Gasteiger partial charge in [0.05, 0.1) is 12.6 Å². The molecular formula is C15H21NO3. The van der Waals surface area contributed by atoms with E-state index in [1.54, 1.807) is 4.90 Å². The third kappa shape index (κ3) is 3.47. The Labute approximate surface area is 114 Å². The van der Waals surface area contributed by atoms with Crippen LogP contribution in [-0.4, -0.2) is 40.9 Å². The largest absolute Gasteiger partial charge is 0.444 e. The number of carbonyl (C=O) groups is 1. The summed E-state index contributed by atoms with van der Waals surface area (Å²) in [4.78, 5) is 13.6. The van der Waals surface area contributed by atoms with Crippen molar-refractivity contribution in [2.24, 2.45) is 0 Å². The molecule has 0 radical (unpaired) electrons. The molecule has 0 aromatic heterocycles. The van der Waals surface area contributed by atoms with E-state index in [1.807, 2.05) is 51.1 Å². The number of aliphatic hydroxyl groups excluding tert-OH is 1. The highest BCUT2D eigenvalue weighted by Gasteiger charge is 2.36. The Hall–Kier alpha value is -1.55. The van der Waals surface area contributed by atoms with E-state index in [0.717, 1.165) is 5.56 Å². The molecule has 4 heteroatoms. The number of β-amino-alcohol motifs (C(OH)–C–C–N with tert-alkyl or cyclic N) is 1. The second kappa shape index (κ2) is 5.21. The molecule has 1 aromatic carbocycles. The number of ether oxygens (including phenoxy) is 1. The van der Waals surface area contributed by atoms with Gasteiger partial charge in [-0.25, -0.2) is 4.79 Å². The third-order valence-corrected chi connectivity index (χ3v) is 3.17. The van der Waals surface area contributed by atoms with Gasteiger partial charge >= 0.3 is 6.09 Å². The molecule has 0 saturated carbocycles. The molecule has 1 fully saturated rings. The molecule has 1 heterocycles. The Kier molecular flexibility index (Phi) is 3.80. The van der Waals surface area contributed by atoms with Gasteiger partial charge in [-0.1, -0.05) is 30.3 Å². The summed E-state index contributed by atoms with van der Waals surface area (Å²) in [6.45, 7) is 6.35. The molecule has 0 spiro atoms. The van der Waals surface area contributed by atoms with Crippen molar-refractivity contribution in [3.63, 3.8) is 0 Å². The summed E-state index contributed by atoms with van der Waals surface area (Å²) in [5.41, 5.74) is 0.549. The zero-order chi connectivity index (χ0) is 14.0. The first-order chi connectivity index (χ1) is 8.87. The number of likely N-dealkylation sites (tertiary alicyclic amines) is 1. The normalized spacial score (nSPS) is 23.5. The van der Waals surface area contributed by atoms with E-state index < -0.39 is 11.7 Å². The lowest BCUT2D eigenvalue weighted by Crippen LogP contribution is -2.35. The van der Waals surface area contributed by atoms with Gasteiger partial charge < -0.3 is 14.7 Å². The molecule has 1 aliphatic rings. The number of aliphatic hydroxyl groups is 1. The average Bonchev–Trinajstić information content (AvgIpc) is 2.70. The van der Waals surface area contributed by atoms with Crippen LogP contribution in [0.1, 0.15) is 32.3 Å². The zero-order valence-corrected chi connectivity index (χ0v) is 11.7. The van der Waals surface area contributed by atoms with Crippen LogP contribution in [0.15, 0.2) is 30.3 Å². The predicted octanol–water partition coefficient (Wildman–Crippen LogP) is 2.38. The molecule has 19 heavy (non-hydrogen) atoms. The Bertz CT molecular complexity index is 438. The van der Waals surface area contributed by atoms with Crippen LogP contribution in [0.4, 0.5) is 4.79 Å². The van der Waals surface area contributed by atoms with Crippen LogP contribution in [0.25, 0.3) is 0 Å². The molecular weight excluding hydrogens is 242 g/mol. The fourth-order valence-corrected chi connectivity index (χ4v) is 2.29. The SMILES string of the molecule is CC(C)(C)OC(=O)N1CC(O)[C@H](c2ccccc2)C1. The summed E-state index contributed by atoms with van der Waals surface area (Å²) in [5, 5.41) is 10.1. The molecule has 1 saturated heterocycles. The molecule has 1 unspecified atom stereocenters. The van der Waals surface area contributed by atoms with Crippen LogP contribution in [-0.2, 0) is 4.74 Å². The summed E-state index contributed by atoms with van der Waals surface area (Å²) < 4.78 is 5.33.